The molecule has 51 heavy (non-hydrogen) atoms. The number of rotatable bonds is 15. The molecule has 276 valence electrons. The number of aromatic nitrogens is 1. The van der Waals surface area contributed by atoms with E-state index in [9.17, 15) is 14.7 Å². The Balaban J connectivity index is 1.48. The highest BCUT2D eigenvalue weighted by atomic mass is 28.4. The first-order chi connectivity index (χ1) is 24.4. The van der Waals surface area contributed by atoms with Crippen LogP contribution in [0.2, 0.25) is 16.6 Å². The maximum absolute atomic E-state index is 12.8. The molecule has 2 aromatic carbocycles. The molecule has 0 spiro atoms. The predicted molar refractivity (Wildman–Crippen MR) is 198 cm³/mol. The van der Waals surface area contributed by atoms with Gasteiger partial charge in [0.1, 0.15) is 17.2 Å². The van der Waals surface area contributed by atoms with Crippen LogP contribution in [0, 0.1) is 0 Å². The first kappa shape index (κ1) is 38.3. The van der Waals surface area contributed by atoms with E-state index >= 15 is 0 Å². The van der Waals surface area contributed by atoms with Gasteiger partial charge in [0.05, 0.1) is 37.2 Å². The third kappa shape index (κ3) is 8.74. The molecule has 1 fully saturated rings. The molecule has 1 aromatic heterocycles. The third-order valence-corrected chi connectivity index (χ3v) is 16.4. The second kappa shape index (κ2) is 17.0. The maximum Gasteiger partial charge on any atom is 0.407 e. The molecule has 1 saturated heterocycles. The van der Waals surface area contributed by atoms with Crippen molar-refractivity contribution in [3.63, 3.8) is 0 Å². The number of benzene rings is 2. The fourth-order valence-corrected chi connectivity index (χ4v) is 13.5. The van der Waals surface area contributed by atoms with Crippen molar-refractivity contribution >= 4 is 26.0 Å². The molecule has 0 saturated carbocycles. The van der Waals surface area contributed by atoms with Gasteiger partial charge in [-0.1, -0.05) is 59.7 Å². The van der Waals surface area contributed by atoms with Gasteiger partial charge in [0, 0.05) is 38.9 Å². The maximum atomic E-state index is 12.8. The first-order valence-electron chi connectivity index (χ1n) is 17.9. The van der Waals surface area contributed by atoms with Crippen molar-refractivity contribution in [2.24, 2.45) is 0 Å². The van der Waals surface area contributed by atoms with Crippen LogP contribution in [0.15, 0.2) is 67.0 Å². The second-order valence-corrected chi connectivity index (χ2v) is 19.8. The number of ether oxygens (including phenoxy) is 4. The molecule has 12 heteroatoms. The monoisotopic (exact) mass is 719 g/mol. The standard InChI is InChI=1S/C39H53N3O8Si/c1-26(2)51(27(3)4,28(5)6)50-36-23-41(39(44)45)22-35(38(36)30-12-14-31(15-13-30)49-32-10-8-17-40-21-32)47-24-29-11-16-34-33(20-29)42(18-9-19-46-7)37(43)25-48-34/h8,10-17,20-21,26-28,35-36,38H,9,18-19,22-25H2,1-7H3,(H,44,45). The van der Waals surface area contributed by atoms with Gasteiger partial charge in [-0.25, -0.2) is 4.79 Å². The zero-order valence-corrected chi connectivity index (χ0v) is 31.9. The number of fused-ring (bicyclic) bond motifs is 1. The molecule has 0 radical (unpaired) electrons. The van der Waals surface area contributed by atoms with Gasteiger partial charge in [-0.3, -0.25) is 9.78 Å². The summed E-state index contributed by atoms with van der Waals surface area (Å²) in [4.78, 5) is 32.8. The lowest BCUT2D eigenvalue weighted by molar-refractivity contribution is -0.121. The molecule has 2 aliphatic heterocycles. The van der Waals surface area contributed by atoms with Gasteiger partial charge in [0.2, 0.25) is 8.32 Å². The SMILES string of the molecule is COCCCN1C(=O)COc2ccc(COC3CN(C(=O)O)CC(O[Si](C(C)C)(C(C)C)C(C)C)C3c3ccc(Oc4cccnc4)cc3)cc21. The third-order valence-electron chi connectivity index (χ3n) is 10.2. The summed E-state index contributed by atoms with van der Waals surface area (Å²) in [5.41, 5.74) is 3.45. The molecular weight excluding hydrogens is 667 g/mol. The van der Waals surface area contributed by atoms with Crippen LogP contribution in [0.3, 0.4) is 0 Å². The number of carbonyl (C=O) groups is 2. The lowest BCUT2D eigenvalue weighted by Gasteiger charge is -2.50. The second-order valence-electron chi connectivity index (χ2n) is 14.4. The van der Waals surface area contributed by atoms with Crippen LogP contribution in [0.4, 0.5) is 10.5 Å². The van der Waals surface area contributed by atoms with E-state index < -0.39 is 26.6 Å². The van der Waals surface area contributed by atoms with E-state index in [1.54, 1.807) is 24.4 Å². The first-order valence-corrected chi connectivity index (χ1v) is 20.1. The Morgan fingerprint density at radius 1 is 0.980 bits per heavy atom. The molecule has 3 unspecified atom stereocenters. The highest BCUT2D eigenvalue weighted by Gasteiger charge is 2.51. The minimum atomic E-state index is -2.44. The number of carboxylic acid groups (broad SMARTS) is 1. The van der Waals surface area contributed by atoms with Gasteiger partial charge in [-0.15, -0.1) is 0 Å². The van der Waals surface area contributed by atoms with Crippen LogP contribution >= 0.6 is 0 Å². The number of carbonyl (C=O) groups excluding carboxylic acids is 1. The van der Waals surface area contributed by atoms with Gasteiger partial charge in [-0.2, -0.15) is 0 Å². The molecular formula is C39H53N3O8Si. The molecule has 2 amide bonds. The zero-order valence-electron chi connectivity index (χ0n) is 30.9. The van der Waals surface area contributed by atoms with Gasteiger partial charge in [0.25, 0.3) is 5.91 Å². The van der Waals surface area contributed by atoms with Gasteiger partial charge >= 0.3 is 6.09 Å². The number of amides is 2. The summed E-state index contributed by atoms with van der Waals surface area (Å²) in [5, 5.41) is 10.3. The number of anilines is 1. The predicted octanol–water partition coefficient (Wildman–Crippen LogP) is 7.86. The molecule has 3 atom stereocenters. The van der Waals surface area contributed by atoms with Gasteiger partial charge in [0.15, 0.2) is 6.61 Å². The van der Waals surface area contributed by atoms with E-state index in [1.807, 2.05) is 54.6 Å². The highest BCUT2D eigenvalue weighted by molar-refractivity contribution is 6.77. The Morgan fingerprint density at radius 3 is 2.31 bits per heavy atom. The smallest absolute Gasteiger partial charge is 0.407 e. The number of hydrogen-bond acceptors (Lipinski definition) is 8. The van der Waals surface area contributed by atoms with E-state index in [4.69, 9.17) is 23.4 Å². The van der Waals surface area contributed by atoms with E-state index in [0.717, 1.165) is 11.1 Å². The van der Waals surface area contributed by atoms with Crippen LogP contribution < -0.4 is 14.4 Å². The Morgan fingerprint density at radius 2 is 1.69 bits per heavy atom. The number of pyridine rings is 1. The summed E-state index contributed by atoms with van der Waals surface area (Å²) in [5.74, 6) is 1.58. The number of methoxy groups -OCH3 is 1. The summed E-state index contributed by atoms with van der Waals surface area (Å²) in [6.45, 7) is 15.1. The van der Waals surface area contributed by atoms with Crippen molar-refractivity contribution < 1.29 is 38.1 Å². The van der Waals surface area contributed by atoms with E-state index in [1.165, 1.54) is 4.90 Å². The van der Waals surface area contributed by atoms with Crippen molar-refractivity contribution in [2.45, 2.75) is 89.3 Å². The topological polar surface area (TPSA) is 120 Å². The van der Waals surface area contributed by atoms with Crippen LogP contribution in [-0.4, -0.2) is 87.5 Å². The van der Waals surface area contributed by atoms with E-state index in [2.05, 4.69) is 46.5 Å². The fourth-order valence-electron chi connectivity index (χ4n) is 7.95. The zero-order chi connectivity index (χ0) is 36.7. The highest BCUT2D eigenvalue weighted by Crippen LogP contribution is 2.46. The molecule has 0 aliphatic carbocycles. The Bertz CT molecular complexity index is 1580. The Kier molecular flexibility index (Phi) is 12.8. The van der Waals surface area contributed by atoms with Crippen LogP contribution in [0.5, 0.6) is 17.2 Å². The average Bonchev–Trinajstić information content (AvgIpc) is 3.10. The largest absolute Gasteiger partial charge is 0.482 e. The number of likely N-dealkylation sites (tertiary alicyclic amines) is 1. The molecule has 3 aromatic rings. The lowest BCUT2D eigenvalue weighted by atomic mass is 9.84. The van der Waals surface area contributed by atoms with Gasteiger partial charge < -0.3 is 38.3 Å². The van der Waals surface area contributed by atoms with Crippen LogP contribution in [0.1, 0.15) is 65.0 Å². The molecule has 0 bridgehead atoms. The summed E-state index contributed by atoms with van der Waals surface area (Å²) in [7, 11) is -0.800. The molecule has 3 heterocycles. The Labute approximate surface area is 302 Å². The normalized spacial score (nSPS) is 19.4. The molecule has 1 N–H and O–H groups in total. The summed E-state index contributed by atoms with van der Waals surface area (Å²) < 4.78 is 31.2. The van der Waals surface area contributed by atoms with Crippen molar-refractivity contribution in [1.29, 1.82) is 0 Å². The van der Waals surface area contributed by atoms with Crippen molar-refractivity contribution in [3.8, 4) is 17.2 Å². The molecule has 5 rings (SSSR count). The summed E-state index contributed by atoms with van der Waals surface area (Å²) >= 11 is 0. The van der Waals surface area contributed by atoms with Crippen molar-refractivity contribution in [3.05, 3.63) is 78.1 Å². The summed E-state index contributed by atoms with van der Waals surface area (Å²) in [6.07, 6.45) is 2.10. The molecule has 2 aliphatic rings. The number of hydrogen-bond donors (Lipinski definition) is 1. The van der Waals surface area contributed by atoms with Crippen molar-refractivity contribution in [2.75, 3.05) is 44.9 Å². The van der Waals surface area contributed by atoms with Crippen LogP contribution in [0.25, 0.3) is 0 Å². The van der Waals surface area contributed by atoms with Crippen LogP contribution in [-0.2, 0) is 25.3 Å². The van der Waals surface area contributed by atoms with E-state index in [-0.39, 0.29) is 38.1 Å². The van der Waals surface area contributed by atoms with E-state index in [0.29, 0.717) is 59.1 Å². The minimum Gasteiger partial charge on any atom is -0.482 e. The van der Waals surface area contributed by atoms with Gasteiger partial charge in [-0.05, 0) is 70.6 Å². The number of nitrogens with zero attached hydrogens (tertiary/aromatic N) is 3. The summed E-state index contributed by atoms with van der Waals surface area (Å²) in [6, 6.07) is 17.3. The number of piperidine rings is 1. The average molecular weight is 720 g/mol. The Hall–Kier alpha value is -3.97. The fraction of sp³-hybridized carbons (Fsp3) is 0.513. The van der Waals surface area contributed by atoms with Crippen molar-refractivity contribution in [1.82, 2.24) is 9.88 Å². The lowest BCUT2D eigenvalue weighted by Crippen LogP contribution is -2.59. The minimum absolute atomic E-state index is 0.00794. The quantitative estimate of drug-likeness (QED) is 0.124. The molecule has 11 nitrogen and oxygen atoms in total.